The minimum atomic E-state index is 0.137. The SMILES string of the molecule is CC1(C)CCC(Oc2cc(-c3cnoc3N)ccc2O)C1. The van der Waals surface area contributed by atoms with Gasteiger partial charge in [0.05, 0.1) is 17.9 Å². The van der Waals surface area contributed by atoms with Crippen LogP contribution in [0.5, 0.6) is 11.5 Å². The highest BCUT2D eigenvalue weighted by Gasteiger charge is 2.32. The fourth-order valence-corrected chi connectivity index (χ4v) is 2.89. The molecule has 21 heavy (non-hydrogen) atoms. The lowest BCUT2D eigenvalue weighted by molar-refractivity contribution is 0.186. The van der Waals surface area contributed by atoms with Crippen LogP contribution in [0.25, 0.3) is 11.1 Å². The van der Waals surface area contributed by atoms with Crippen molar-refractivity contribution in [1.29, 1.82) is 0 Å². The number of ether oxygens (including phenoxy) is 1. The Kier molecular flexibility index (Phi) is 3.27. The van der Waals surface area contributed by atoms with Gasteiger partial charge in [0.2, 0.25) is 5.88 Å². The Morgan fingerprint density at radius 1 is 1.43 bits per heavy atom. The van der Waals surface area contributed by atoms with Crippen molar-refractivity contribution in [3.8, 4) is 22.6 Å². The van der Waals surface area contributed by atoms with Crippen LogP contribution in [-0.4, -0.2) is 16.4 Å². The van der Waals surface area contributed by atoms with Crippen molar-refractivity contribution in [1.82, 2.24) is 5.16 Å². The van der Waals surface area contributed by atoms with E-state index in [1.807, 2.05) is 0 Å². The number of aromatic hydroxyl groups is 1. The minimum Gasteiger partial charge on any atom is -0.504 e. The zero-order valence-corrected chi connectivity index (χ0v) is 12.3. The van der Waals surface area contributed by atoms with Gasteiger partial charge in [0.25, 0.3) is 0 Å². The van der Waals surface area contributed by atoms with Gasteiger partial charge >= 0.3 is 0 Å². The van der Waals surface area contributed by atoms with Crippen LogP contribution in [0.15, 0.2) is 28.9 Å². The molecule has 5 heteroatoms. The van der Waals surface area contributed by atoms with Crippen LogP contribution in [0.3, 0.4) is 0 Å². The van der Waals surface area contributed by atoms with Crippen LogP contribution in [0.4, 0.5) is 5.88 Å². The lowest BCUT2D eigenvalue weighted by atomic mass is 9.92. The molecule has 1 heterocycles. The van der Waals surface area contributed by atoms with E-state index in [0.717, 1.165) is 24.8 Å². The van der Waals surface area contributed by atoms with E-state index in [9.17, 15) is 5.11 Å². The number of nitrogen functional groups attached to an aromatic ring is 1. The van der Waals surface area contributed by atoms with Crippen molar-refractivity contribution < 1.29 is 14.4 Å². The number of hydrogen-bond acceptors (Lipinski definition) is 5. The largest absolute Gasteiger partial charge is 0.504 e. The highest BCUT2D eigenvalue weighted by Crippen LogP contribution is 2.41. The van der Waals surface area contributed by atoms with Gasteiger partial charge in [-0.3, -0.25) is 0 Å². The van der Waals surface area contributed by atoms with Gasteiger partial charge in [-0.25, -0.2) is 0 Å². The lowest BCUT2D eigenvalue weighted by Crippen LogP contribution is -2.14. The molecule has 5 nitrogen and oxygen atoms in total. The monoisotopic (exact) mass is 288 g/mol. The maximum Gasteiger partial charge on any atom is 0.229 e. The third kappa shape index (κ3) is 2.82. The molecule has 0 spiro atoms. The zero-order chi connectivity index (χ0) is 15.0. The van der Waals surface area contributed by atoms with Crippen LogP contribution in [0.1, 0.15) is 33.1 Å². The van der Waals surface area contributed by atoms with Gasteiger partial charge in [-0.1, -0.05) is 25.1 Å². The topological polar surface area (TPSA) is 81.5 Å². The van der Waals surface area contributed by atoms with Gasteiger partial charge in [-0.15, -0.1) is 0 Å². The number of rotatable bonds is 3. The summed E-state index contributed by atoms with van der Waals surface area (Å²) in [5.41, 5.74) is 7.55. The highest BCUT2D eigenvalue weighted by molar-refractivity contribution is 5.73. The molecule has 1 aromatic carbocycles. The standard InChI is InChI=1S/C16H20N2O3/c1-16(2)6-5-11(8-16)20-14-7-10(3-4-13(14)19)12-9-18-21-15(12)17/h3-4,7,9,11,19H,5-6,8,17H2,1-2H3. The summed E-state index contributed by atoms with van der Waals surface area (Å²) in [5, 5.41) is 13.7. The van der Waals surface area contributed by atoms with E-state index in [1.165, 1.54) is 0 Å². The molecule has 112 valence electrons. The molecule has 1 atom stereocenters. The third-order valence-corrected chi connectivity index (χ3v) is 4.09. The first kappa shape index (κ1) is 13.8. The molecule has 0 radical (unpaired) electrons. The zero-order valence-electron chi connectivity index (χ0n) is 12.3. The van der Waals surface area contributed by atoms with Crippen molar-refractivity contribution in [2.75, 3.05) is 5.73 Å². The summed E-state index contributed by atoms with van der Waals surface area (Å²) in [5.74, 6) is 0.878. The number of aromatic nitrogens is 1. The van der Waals surface area contributed by atoms with Crippen LogP contribution < -0.4 is 10.5 Å². The first-order valence-corrected chi connectivity index (χ1v) is 7.15. The second kappa shape index (κ2) is 4.98. The Bertz CT molecular complexity index is 649. The number of hydrogen-bond donors (Lipinski definition) is 2. The second-order valence-electron chi connectivity index (χ2n) is 6.43. The third-order valence-electron chi connectivity index (χ3n) is 4.09. The first-order chi connectivity index (χ1) is 9.94. The maximum atomic E-state index is 10.00. The van der Waals surface area contributed by atoms with E-state index in [1.54, 1.807) is 24.4 Å². The van der Waals surface area contributed by atoms with Crippen molar-refractivity contribution >= 4 is 5.88 Å². The number of anilines is 1. The Labute approximate surface area is 123 Å². The fraction of sp³-hybridized carbons (Fsp3) is 0.438. The Morgan fingerprint density at radius 2 is 2.24 bits per heavy atom. The number of phenols is 1. The summed E-state index contributed by atoms with van der Waals surface area (Å²) >= 11 is 0. The van der Waals surface area contributed by atoms with Crippen molar-refractivity contribution in [3.05, 3.63) is 24.4 Å². The number of nitrogens with two attached hydrogens (primary N) is 1. The summed E-state index contributed by atoms with van der Waals surface area (Å²) < 4.78 is 10.9. The number of phenolic OH excluding ortho intramolecular Hbond substituents is 1. The van der Waals surface area contributed by atoms with Crippen LogP contribution in [-0.2, 0) is 0 Å². The summed E-state index contributed by atoms with van der Waals surface area (Å²) in [6, 6.07) is 5.16. The molecule has 2 aromatic rings. The quantitative estimate of drug-likeness (QED) is 0.902. The van der Waals surface area contributed by atoms with Gasteiger partial charge < -0.3 is 20.1 Å². The predicted molar refractivity (Wildman–Crippen MR) is 80.1 cm³/mol. The molecule has 1 saturated carbocycles. The normalized spacial score (nSPS) is 20.6. The van der Waals surface area contributed by atoms with E-state index >= 15 is 0 Å². The van der Waals surface area contributed by atoms with E-state index in [0.29, 0.717) is 16.7 Å². The van der Waals surface area contributed by atoms with E-state index < -0.39 is 0 Å². The predicted octanol–water partition coefficient (Wildman–Crippen LogP) is 3.59. The molecule has 0 bridgehead atoms. The Hall–Kier alpha value is -2.17. The van der Waals surface area contributed by atoms with Gasteiger partial charge in [0.15, 0.2) is 11.5 Å². The summed E-state index contributed by atoms with van der Waals surface area (Å²) in [4.78, 5) is 0. The van der Waals surface area contributed by atoms with Crippen LogP contribution in [0.2, 0.25) is 0 Å². The molecule has 1 aromatic heterocycles. The van der Waals surface area contributed by atoms with Crippen LogP contribution >= 0.6 is 0 Å². The van der Waals surface area contributed by atoms with Gasteiger partial charge in [-0.05, 0) is 42.4 Å². The van der Waals surface area contributed by atoms with E-state index in [-0.39, 0.29) is 17.7 Å². The molecule has 0 aliphatic heterocycles. The molecule has 0 amide bonds. The second-order valence-corrected chi connectivity index (χ2v) is 6.43. The van der Waals surface area contributed by atoms with Crippen LogP contribution in [0, 0.1) is 5.41 Å². The van der Waals surface area contributed by atoms with Crippen molar-refractivity contribution in [2.45, 2.75) is 39.2 Å². The van der Waals surface area contributed by atoms with Gasteiger partial charge in [0.1, 0.15) is 0 Å². The average Bonchev–Trinajstić information content (AvgIpc) is 2.98. The number of benzene rings is 1. The highest BCUT2D eigenvalue weighted by atomic mass is 16.5. The molecular weight excluding hydrogens is 268 g/mol. The Balaban J connectivity index is 1.84. The smallest absolute Gasteiger partial charge is 0.229 e. The molecule has 3 N–H and O–H groups in total. The molecule has 0 saturated heterocycles. The Morgan fingerprint density at radius 3 is 2.86 bits per heavy atom. The number of nitrogens with zero attached hydrogens (tertiary/aromatic N) is 1. The van der Waals surface area contributed by atoms with Gasteiger partial charge in [0, 0.05) is 0 Å². The molecule has 1 aliphatic carbocycles. The maximum absolute atomic E-state index is 10.00. The first-order valence-electron chi connectivity index (χ1n) is 7.15. The van der Waals surface area contributed by atoms with Crippen molar-refractivity contribution in [2.24, 2.45) is 5.41 Å². The minimum absolute atomic E-state index is 0.137. The average molecular weight is 288 g/mol. The summed E-state index contributed by atoms with van der Waals surface area (Å²) in [6.07, 6.45) is 4.83. The van der Waals surface area contributed by atoms with Gasteiger partial charge in [-0.2, -0.15) is 0 Å². The lowest BCUT2D eigenvalue weighted by Gasteiger charge is -2.18. The molecule has 3 rings (SSSR count). The van der Waals surface area contributed by atoms with E-state index in [2.05, 4.69) is 19.0 Å². The molecule has 1 aliphatic rings. The van der Waals surface area contributed by atoms with E-state index in [4.69, 9.17) is 15.0 Å². The molecule has 1 unspecified atom stereocenters. The summed E-state index contributed by atoms with van der Waals surface area (Å²) in [6.45, 7) is 4.48. The molecular formula is C16H20N2O3. The summed E-state index contributed by atoms with van der Waals surface area (Å²) in [7, 11) is 0. The van der Waals surface area contributed by atoms with Crippen molar-refractivity contribution in [3.63, 3.8) is 0 Å². The fourth-order valence-electron chi connectivity index (χ4n) is 2.89. The molecule has 1 fully saturated rings.